The summed E-state index contributed by atoms with van der Waals surface area (Å²) in [5.74, 6) is -1.75. The van der Waals surface area contributed by atoms with Crippen LogP contribution in [0.15, 0.2) is 48.5 Å². The molecule has 2 aromatic carbocycles. The highest BCUT2D eigenvalue weighted by Gasteiger charge is 2.39. The van der Waals surface area contributed by atoms with Crippen molar-refractivity contribution in [2.75, 3.05) is 16.8 Å². The standard InChI is InChI=1S/C20H19N3O5/c1-2-28-20(27)13-5-9-15(10-6-13)23-17(24)11-16(19(23)26)22-14-7-3-12(4-8-14)18(21)25/h3-10,16,22H,2,11H2,1H3,(H2,21,25)/t16-/m0/s1. The minimum Gasteiger partial charge on any atom is -0.462 e. The second-order valence-electron chi connectivity index (χ2n) is 6.18. The van der Waals surface area contributed by atoms with Crippen LogP contribution in [-0.4, -0.2) is 36.3 Å². The molecule has 0 spiro atoms. The largest absolute Gasteiger partial charge is 0.462 e. The summed E-state index contributed by atoms with van der Waals surface area (Å²) in [7, 11) is 0. The van der Waals surface area contributed by atoms with Crippen molar-refractivity contribution in [2.24, 2.45) is 5.73 Å². The minimum absolute atomic E-state index is 0.00394. The van der Waals surface area contributed by atoms with Gasteiger partial charge < -0.3 is 15.8 Å². The van der Waals surface area contributed by atoms with Gasteiger partial charge in [-0.05, 0) is 55.5 Å². The predicted molar refractivity (Wildman–Crippen MR) is 102 cm³/mol. The van der Waals surface area contributed by atoms with Crippen LogP contribution in [0.3, 0.4) is 0 Å². The molecule has 144 valence electrons. The number of nitrogens with two attached hydrogens (primary N) is 1. The smallest absolute Gasteiger partial charge is 0.338 e. The van der Waals surface area contributed by atoms with E-state index < -0.39 is 23.8 Å². The zero-order chi connectivity index (χ0) is 20.3. The summed E-state index contributed by atoms with van der Waals surface area (Å²) in [6, 6.07) is 11.7. The van der Waals surface area contributed by atoms with Crippen LogP contribution in [0, 0.1) is 0 Å². The molecule has 1 fully saturated rings. The normalized spacial score (nSPS) is 16.2. The zero-order valence-electron chi connectivity index (χ0n) is 15.2. The molecule has 1 aliphatic rings. The van der Waals surface area contributed by atoms with Crippen LogP contribution in [-0.2, 0) is 14.3 Å². The maximum absolute atomic E-state index is 12.7. The Balaban J connectivity index is 1.72. The van der Waals surface area contributed by atoms with Crippen molar-refractivity contribution in [1.82, 2.24) is 0 Å². The van der Waals surface area contributed by atoms with Gasteiger partial charge in [-0.15, -0.1) is 0 Å². The molecule has 2 aromatic rings. The molecule has 3 N–H and O–H groups in total. The molecule has 0 saturated carbocycles. The van der Waals surface area contributed by atoms with Crippen molar-refractivity contribution < 1.29 is 23.9 Å². The van der Waals surface area contributed by atoms with E-state index in [1.54, 1.807) is 19.1 Å². The van der Waals surface area contributed by atoms with Gasteiger partial charge in [0.05, 0.1) is 24.3 Å². The quantitative estimate of drug-likeness (QED) is 0.581. The predicted octanol–water partition coefficient (Wildman–Crippen LogP) is 1.71. The molecule has 1 saturated heterocycles. The van der Waals surface area contributed by atoms with E-state index in [1.807, 2.05) is 0 Å². The van der Waals surface area contributed by atoms with Gasteiger partial charge >= 0.3 is 5.97 Å². The van der Waals surface area contributed by atoms with E-state index in [0.29, 0.717) is 22.5 Å². The second kappa shape index (κ2) is 7.91. The number of carbonyl (C=O) groups excluding carboxylic acids is 4. The van der Waals surface area contributed by atoms with Crippen LogP contribution in [0.5, 0.6) is 0 Å². The lowest BCUT2D eigenvalue weighted by atomic mass is 10.1. The van der Waals surface area contributed by atoms with Crippen LogP contribution in [0.25, 0.3) is 0 Å². The number of anilines is 2. The maximum atomic E-state index is 12.7. The summed E-state index contributed by atoms with van der Waals surface area (Å²) in [4.78, 5) is 49.0. The van der Waals surface area contributed by atoms with Gasteiger partial charge in [0, 0.05) is 11.3 Å². The molecule has 0 bridgehead atoms. The SMILES string of the molecule is CCOC(=O)c1ccc(N2C(=O)C[C@H](Nc3ccc(C(N)=O)cc3)C2=O)cc1. The molecule has 3 rings (SSSR count). The average molecular weight is 381 g/mol. The highest BCUT2D eigenvalue weighted by Crippen LogP contribution is 2.25. The van der Waals surface area contributed by atoms with Crippen LogP contribution in [0.4, 0.5) is 11.4 Å². The van der Waals surface area contributed by atoms with E-state index in [9.17, 15) is 19.2 Å². The van der Waals surface area contributed by atoms with Crippen molar-refractivity contribution >= 4 is 35.1 Å². The number of primary amides is 1. The third-order valence-corrected chi connectivity index (χ3v) is 4.29. The Morgan fingerprint density at radius 3 is 2.25 bits per heavy atom. The lowest BCUT2D eigenvalue weighted by Gasteiger charge is -2.16. The number of rotatable bonds is 6. The number of hydrogen-bond donors (Lipinski definition) is 2. The fraction of sp³-hybridized carbons (Fsp3) is 0.200. The summed E-state index contributed by atoms with van der Waals surface area (Å²) in [6.45, 7) is 1.97. The summed E-state index contributed by atoms with van der Waals surface area (Å²) < 4.78 is 4.92. The molecular weight excluding hydrogens is 362 g/mol. The van der Waals surface area contributed by atoms with Gasteiger partial charge in [-0.25, -0.2) is 9.69 Å². The van der Waals surface area contributed by atoms with Gasteiger partial charge in [-0.1, -0.05) is 0 Å². The van der Waals surface area contributed by atoms with E-state index in [2.05, 4.69) is 5.32 Å². The second-order valence-corrected chi connectivity index (χ2v) is 6.18. The number of imide groups is 1. The number of esters is 1. The fourth-order valence-electron chi connectivity index (χ4n) is 2.91. The Labute approximate surface area is 161 Å². The molecule has 1 atom stereocenters. The number of carbonyl (C=O) groups is 4. The van der Waals surface area contributed by atoms with E-state index in [1.165, 1.54) is 36.4 Å². The van der Waals surface area contributed by atoms with Crippen LogP contribution < -0.4 is 16.0 Å². The molecular formula is C20H19N3O5. The number of amides is 3. The summed E-state index contributed by atoms with van der Waals surface area (Å²) in [5, 5.41) is 2.99. The van der Waals surface area contributed by atoms with E-state index in [4.69, 9.17) is 10.5 Å². The first kappa shape index (κ1) is 19.1. The molecule has 8 heteroatoms. The van der Waals surface area contributed by atoms with Gasteiger partial charge in [0.25, 0.3) is 5.91 Å². The number of ether oxygens (including phenoxy) is 1. The monoisotopic (exact) mass is 381 g/mol. The molecule has 0 unspecified atom stereocenters. The Morgan fingerprint density at radius 2 is 1.68 bits per heavy atom. The fourth-order valence-corrected chi connectivity index (χ4v) is 2.91. The van der Waals surface area contributed by atoms with E-state index >= 15 is 0 Å². The van der Waals surface area contributed by atoms with Crippen molar-refractivity contribution in [2.45, 2.75) is 19.4 Å². The molecule has 8 nitrogen and oxygen atoms in total. The molecule has 0 aromatic heterocycles. The number of nitrogens with one attached hydrogen (secondary N) is 1. The molecule has 1 aliphatic heterocycles. The van der Waals surface area contributed by atoms with Gasteiger partial charge in [0.2, 0.25) is 11.8 Å². The minimum atomic E-state index is -0.725. The summed E-state index contributed by atoms with van der Waals surface area (Å²) in [6.07, 6.45) is -0.00394. The number of benzene rings is 2. The summed E-state index contributed by atoms with van der Waals surface area (Å²) >= 11 is 0. The van der Waals surface area contributed by atoms with E-state index in [0.717, 1.165) is 4.90 Å². The number of hydrogen-bond acceptors (Lipinski definition) is 6. The van der Waals surface area contributed by atoms with Crippen molar-refractivity contribution in [1.29, 1.82) is 0 Å². The third-order valence-electron chi connectivity index (χ3n) is 4.29. The number of nitrogens with zero attached hydrogens (tertiary/aromatic N) is 1. The maximum Gasteiger partial charge on any atom is 0.338 e. The first-order chi connectivity index (χ1) is 13.4. The van der Waals surface area contributed by atoms with Gasteiger partial charge in [-0.2, -0.15) is 0 Å². The highest BCUT2D eigenvalue weighted by atomic mass is 16.5. The van der Waals surface area contributed by atoms with Gasteiger partial charge in [-0.3, -0.25) is 14.4 Å². The topological polar surface area (TPSA) is 119 Å². The van der Waals surface area contributed by atoms with Crippen LogP contribution >= 0.6 is 0 Å². The Kier molecular flexibility index (Phi) is 5.39. The average Bonchev–Trinajstić information content (AvgIpc) is 2.96. The molecule has 0 aliphatic carbocycles. The van der Waals surface area contributed by atoms with Gasteiger partial charge in [0.1, 0.15) is 6.04 Å². The Hall–Kier alpha value is -3.68. The van der Waals surface area contributed by atoms with Crippen molar-refractivity contribution in [3.63, 3.8) is 0 Å². The van der Waals surface area contributed by atoms with E-state index in [-0.39, 0.29) is 18.9 Å². The zero-order valence-corrected chi connectivity index (χ0v) is 15.2. The molecule has 0 radical (unpaired) electrons. The lowest BCUT2D eigenvalue weighted by Crippen LogP contribution is -2.34. The van der Waals surface area contributed by atoms with Crippen molar-refractivity contribution in [3.05, 3.63) is 59.7 Å². The van der Waals surface area contributed by atoms with Crippen molar-refractivity contribution in [3.8, 4) is 0 Å². The lowest BCUT2D eigenvalue weighted by molar-refractivity contribution is -0.121. The Morgan fingerprint density at radius 1 is 1.07 bits per heavy atom. The molecule has 1 heterocycles. The molecule has 3 amide bonds. The third kappa shape index (κ3) is 3.85. The first-order valence-electron chi connectivity index (χ1n) is 8.71. The van der Waals surface area contributed by atoms with Crippen LogP contribution in [0.2, 0.25) is 0 Å². The molecule has 28 heavy (non-hydrogen) atoms. The van der Waals surface area contributed by atoms with Gasteiger partial charge in [0.15, 0.2) is 0 Å². The highest BCUT2D eigenvalue weighted by molar-refractivity contribution is 6.23. The summed E-state index contributed by atoms with van der Waals surface area (Å²) in [5.41, 5.74) is 6.87. The Bertz CT molecular complexity index is 922. The first-order valence-corrected chi connectivity index (χ1v) is 8.71. The van der Waals surface area contributed by atoms with Crippen LogP contribution in [0.1, 0.15) is 34.1 Å².